The molecule has 0 amide bonds. The molecule has 1 unspecified atom stereocenters. The summed E-state index contributed by atoms with van der Waals surface area (Å²) < 4.78 is 0. The maximum Gasteiger partial charge on any atom is 3.00 e. The van der Waals surface area contributed by atoms with E-state index >= 15 is 0 Å². The van der Waals surface area contributed by atoms with Gasteiger partial charge in [-0.2, -0.15) is 0 Å². The van der Waals surface area contributed by atoms with Gasteiger partial charge in [-0.3, -0.25) is 14.6 Å². The van der Waals surface area contributed by atoms with Crippen LogP contribution in [0.1, 0.15) is 77.8 Å². The van der Waals surface area contributed by atoms with E-state index in [2.05, 4.69) is 6.92 Å². The van der Waals surface area contributed by atoms with Crippen LogP contribution in [0.3, 0.4) is 0 Å². The maximum atomic E-state index is 13.8. The van der Waals surface area contributed by atoms with Crippen LogP contribution in [0, 0.1) is 12.3 Å². The van der Waals surface area contributed by atoms with Crippen molar-refractivity contribution in [1.29, 1.82) is 0 Å². The van der Waals surface area contributed by atoms with Crippen molar-refractivity contribution < 1.29 is 42.0 Å². The quantitative estimate of drug-likeness (QED) is 0.417. The molecule has 5 rings (SSSR count). The van der Waals surface area contributed by atoms with Crippen LogP contribution in [-0.4, -0.2) is 39.3 Å². The summed E-state index contributed by atoms with van der Waals surface area (Å²) >= 11 is 0. The SMILES string of the molecule is CCC1=C(C)C2=NC1=CC1=NC(=C([O-])C1(C)CC)C=C1N=C(C=c3[n-]c(c(C)c3CCC(=O)O)=C2)C(CCC(=O)O)=C1C.[Fe+3]. The van der Waals surface area contributed by atoms with Gasteiger partial charge >= 0.3 is 29.0 Å². The minimum absolute atomic E-state index is 0. The Morgan fingerprint density at radius 1 is 0.841 bits per heavy atom. The Kier molecular flexibility index (Phi) is 9.37. The van der Waals surface area contributed by atoms with Crippen molar-refractivity contribution in [3.05, 3.63) is 79.1 Å². The van der Waals surface area contributed by atoms with Crippen LogP contribution in [0.5, 0.6) is 0 Å². The number of allylic oxidation sites excluding steroid dienone is 7. The molecule has 8 bridgehead atoms. The molecule has 1 radical (unpaired) electrons. The molecular formula is C34H36FeN4O5+. The van der Waals surface area contributed by atoms with E-state index in [4.69, 9.17) is 20.0 Å². The Bertz CT molecular complexity index is 1840. The fourth-order valence-electron chi connectivity index (χ4n) is 6.06. The second kappa shape index (κ2) is 12.5. The Hall–Kier alpha value is -4.01. The minimum Gasteiger partial charge on any atom is -0.873 e. The zero-order chi connectivity index (χ0) is 31.2. The van der Waals surface area contributed by atoms with E-state index in [0.29, 0.717) is 39.9 Å². The van der Waals surface area contributed by atoms with Crippen molar-refractivity contribution in [1.82, 2.24) is 4.98 Å². The smallest absolute Gasteiger partial charge is 0.873 e. The summed E-state index contributed by atoms with van der Waals surface area (Å²) in [4.78, 5) is 42.6. The van der Waals surface area contributed by atoms with Crippen molar-refractivity contribution >= 4 is 41.2 Å². The number of carboxylic acids is 2. The van der Waals surface area contributed by atoms with E-state index in [9.17, 15) is 24.9 Å². The van der Waals surface area contributed by atoms with E-state index < -0.39 is 17.4 Å². The minimum atomic E-state index is -0.927. The van der Waals surface area contributed by atoms with Crippen LogP contribution >= 0.6 is 0 Å². The van der Waals surface area contributed by atoms with Gasteiger partial charge in [0.05, 0.1) is 34.2 Å². The number of aliphatic imine (C=N–C) groups is 3. The summed E-state index contributed by atoms with van der Waals surface area (Å²) in [6.45, 7) is 11.8. The fourth-order valence-corrected chi connectivity index (χ4v) is 6.06. The molecule has 1 aromatic rings. The number of aromatic nitrogens is 1. The van der Waals surface area contributed by atoms with Crippen LogP contribution in [0.25, 0.3) is 12.2 Å². The molecule has 0 saturated heterocycles. The summed E-state index contributed by atoms with van der Waals surface area (Å²) in [6, 6.07) is 0. The molecule has 0 spiro atoms. The third-order valence-corrected chi connectivity index (χ3v) is 9.03. The molecule has 0 aromatic carbocycles. The van der Waals surface area contributed by atoms with E-state index in [1.807, 2.05) is 52.8 Å². The van der Waals surface area contributed by atoms with Crippen LogP contribution in [0.15, 0.2) is 72.3 Å². The molecule has 1 atom stereocenters. The van der Waals surface area contributed by atoms with Crippen molar-refractivity contribution in [3.8, 4) is 0 Å². The number of carboxylic acid groups (broad SMARTS) is 2. The second-order valence-corrected chi connectivity index (χ2v) is 11.6. The van der Waals surface area contributed by atoms with E-state index in [1.54, 1.807) is 6.08 Å². The van der Waals surface area contributed by atoms with Gasteiger partial charge in [-0.05, 0) is 80.9 Å². The Labute approximate surface area is 267 Å². The average molecular weight is 637 g/mol. The van der Waals surface area contributed by atoms with Gasteiger partial charge in [0.15, 0.2) is 0 Å². The normalized spacial score (nSPS) is 20.8. The van der Waals surface area contributed by atoms with Gasteiger partial charge in [-0.15, -0.1) is 10.7 Å². The van der Waals surface area contributed by atoms with E-state index in [1.165, 1.54) is 0 Å². The Morgan fingerprint density at radius 2 is 1.48 bits per heavy atom. The molecule has 4 aliphatic rings. The molecule has 5 heterocycles. The molecule has 9 nitrogen and oxygen atoms in total. The first-order valence-corrected chi connectivity index (χ1v) is 14.7. The van der Waals surface area contributed by atoms with Crippen molar-refractivity contribution in [2.24, 2.45) is 20.4 Å². The maximum absolute atomic E-state index is 13.8. The molecule has 0 aliphatic carbocycles. The van der Waals surface area contributed by atoms with Gasteiger partial charge in [0.2, 0.25) is 0 Å². The summed E-state index contributed by atoms with van der Waals surface area (Å²) in [5.74, 6) is -1.92. The van der Waals surface area contributed by atoms with Crippen molar-refractivity contribution in [2.75, 3.05) is 0 Å². The first kappa shape index (κ1) is 32.9. The average Bonchev–Trinajstić information content (AvgIpc) is 3.59. The topological polar surface area (TPSA) is 149 Å². The summed E-state index contributed by atoms with van der Waals surface area (Å²) in [6.07, 6.45) is 9.05. The number of hydrogen-bond donors (Lipinski definition) is 2. The number of hydrogen-bond acceptors (Lipinski definition) is 6. The number of nitrogens with zero attached hydrogens (tertiary/aromatic N) is 4. The summed E-state index contributed by atoms with van der Waals surface area (Å²) in [5.41, 5.74) is 8.06. The van der Waals surface area contributed by atoms with E-state index in [-0.39, 0.29) is 48.5 Å². The van der Waals surface area contributed by atoms with E-state index in [0.717, 1.165) is 51.2 Å². The largest absolute Gasteiger partial charge is 3.00 e. The monoisotopic (exact) mass is 636 g/mol. The summed E-state index contributed by atoms with van der Waals surface area (Å²) in [5, 5.41) is 34.0. The van der Waals surface area contributed by atoms with Gasteiger partial charge in [0.1, 0.15) is 0 Å². The third-order valence-electron chi connectivity index (χ3n) is 9.03. The van der Waals surface area contributed by atoms with Crippen molar-refractivity contribution in [3.63, 3.8) is 0 Å². The molecular weight excluding hydrogens is 600 g/mol. The van der Waals surface area contributed by atoms with Gasteiger partial charge in [-0.1, -0.05) is 49.8 Å². The van der Waals surface area contributed by atoms with Gasteiger partial charge in [0, 0.05) is 18.3 Å². The molecule has 1 aromatic heterocycles. The predicted molar refractivity (Wildman–Crippen MR) is 165 cm³/mol. The molecule has 44 heavy (non-hydrogen) atoms. The number of aliphatic carboxylic acids is 2. The first-order chi connectivity index (χ1) is 20.4. The molecule has 4 aliphatic heterocycles. The van der Waals surface area contributed by atoms with Crippen LogP contribution in [0.2, 0.25) is 0 Å². The molecule has 229 valence electrons. The molecule has 10 heteroatoms. The standard InChI is InChI=1S/C34H38N4O5.Fe/c1-7-20-17(3)23-13-24-18(4)21(9-11-31(39)40)26(35-24)15-27-22(10-12-32(41)42)19(5)25(36-27)14-29-33(43)34(6,8-2)30(38-29)16-28(20)37-23;/h13-16H,7-12H2,1-6H3,(H4,35,36,37,38,39,40,41,42,43);/q;+3/p-2. The van der Waals surface area contributed by atoms with Gasteiger partial charge in [0.25, 0.3) is 0 Å². The Morgan fingerprint density at radius 3 is 2.11 bits per heavy atom. The zero-order valence-electron chi connectivity index (χ0n) is 25.8. The molecule has 2 N–H and O–H groups in total. The number of rotatable bonds is 8. The molecule has 0 saturated carbocycles. The van der Waals surface area contributed by atoms with Crippen LogP contribution in [-0.2, 0) is 33.1 Å². The predicted octanol–water partition coefficient (Wildman–Crippen LogP) is 3.57. The first-order valence-electron chi connectivity index (χ1n) is 14.7. The number of carbonyl (C=O) groups is 2. The molecule has 0 fully saturated rings. The van der Waals surface area contributed by atoms with Crippen LogP contribution < -0.4 is 20.8 Å². The van der Waals surface area contributed by atoms with Gasteiger partial charge in [-0.25, -0.2) is 9.98 Å². The Balaban J connectivity index is 0.00000442. The third kappa shape index (κ3) is 5.76. The number of fused-ring (bicyclic) bond motifs is 5. The summed E-state index contributed by atoms with van der Waals surface area (Å²) in [7, 11) is 0. The van der Waals surface area contributed by atoms with Gasteiger partial charge < -0.3 is 20.3 Å². The second-order valence-electron chi connectivity index (χ2n) is 11.6. The van der Waals surface area contributed by atoms with Crippen LogP contribution in [0.4, 0.5) is 0 Å². The van der Waals surface area contributed by atoms with Crippen molar-refractivity contribution in [2.45, 2.75) is 80.1 Å². The zero-order valence-corrected chi connectivity index (χ0v) is 26.9. The fraction of sp³-hybridized carbons (Fsp3) is 0.382.